The summed E-state index contributed by atoms with van der Waals surface area (Å²) in [6.45, 7) is 52.7. The van der Waals surface area contributed by atoms with Crippen molar-refractivity contribution in [1.82, 2.24) is 24.4 Å². The molecule has 2 N–H and O–H groups in total. The molecule has 1 amide bonds. The van der Waals surface area contributed by atoms with Crippen LogP contribution in [0.5, 0.6) is 0 Å². The third kappa shape index (κ3) is 28.1. The number of imidazole rings is 2. The number of amidine groups is 1. The Morgan fingerprint density at radius 2 is 0.952 bits per heavy atom. The maximum Gasteiger partial charge on any atom is 0.0855 e. The van der Waals surface area contributed by atoms with Gasteiger partial charge in [-0.2, -0.15) is 0 Å². The summed E-state index contributed by atoms with van der Waals surface area (Å²) in [5.41, 5.74) is 7.63. The van der Waals surface area contributed by atoms with Crippen molar-refractivity contribution >= 4 is 55.4 Å². The molecule has 0 bridgehead atoms. The molecule has 0 aliphatic rings. The predicted molar refractivity (Wildman–Crippen MR) is 269 cm³/mol. The van der Waals surface area contributed by atoms with Gasteiger partial charge in [-0.15, -0.1) is 0 Å². The molecule has 0 unspecified atom stereocenters. The number of hydrogen-bond acceptors (Lipinski definition) is 4. The number of fused-ring (bicyclic) bond motifs is 2. The first-order valence-electron chi connectivity index (χ1n) is 17.6. The Balaban J connectivity index is -0.000000104. The van der Waals surface area contributed by atoms with Crippen LogP contribution in [0.25, 0.3) is 22.1 Å². The summed E-state index contributed by atoms with van der Waals surface area (Å²) in [5.74, 6) is 1.88. The molecule has 63 heavy (non-hydrogen) atoms. The number of nitrogens with zero attached hydrogens (tertiary/aromatic N) is 5. The molecule has 4 radical (unpaired) electrons. The van der Waals surface area contributed by atoms with E-state index in [1.807, 2.05) is 51.1 Å². The maximum atomic E-state index is 10.2. The minimum atomic E-state index is -0.390. The first-order chi connectivity index (χ1) is 24.5. The Morgan fingerprint density at radius 3 is 1.22 bits per heavy atom. The molecule has 8 nitrogen and oxygen atoms in total. The number of rotatable bonds is 5. The second-order valence-corrected chi connectivity index (χ2v) is 17.1. The average Bonchev–Trinajstić information content (AvgIpc) is 3.47. The van der Waals surface area contributed by atoms with Gasteiger partial charge < -0.3 is 84.9 Å². The number of halogens is 1. The van der Waals surface area contributed by atoms with Crippen molar-refractivity contribution in [3.63, 3.8) is 0 Å². The molecule has 0 fully saturated rings. The summed E-state index contributed by atoms with van der Waals surface area (Å²) in [5, 5.41) is 5.67. The number of amides is 1. The molecule has 348 valence electrons. The predicted octanol–water partition coefficient (Wildman–Crippen LogP) is 13.9. The third-order valence-corrected chi connectivity index (χ3v) is 7.94. The number of hydrogen-bond donors (Lipinski definition) is 2. The Hall–Kier alpha value is -0.0844. The van der Waals surface area contributed by atoms with Gasteiger partial charge in [-0.05, 0) is 107 Å². The van der Waals surface area contributed by atoms with E-state index < -0.39 is 5.54 Å². The molecule has 5 aromatic rings. The first kappa shape index (κ1) is 80.0. The van der Waals surface area contributed by atoms with Crippen LogP contribution < -0.4 is 10.6 Å². The summed E-state index contributed by atoms with van der Waals surface area (Å²) in [7, 11) is 0. The Bertz CT molecular complexity index is 1980. The van der Waals surface area contributed by atoms with Gasteiger partial charge in [-0.1, -0.05) is 133 Å². The van der Waals surface area contributed by atoms with Crippen LogP contribution in [0, 0.1) is 76.2 Å². The minimum Gasteiger partial charge on any atom is -0.406 e. The van der Waals surface area contributed by atoms with E-state index in [0.717, 1.165) is 43.9 Å². The molecule has 13 heteroatoms. The quantitative estimate of drug-likeness (QED) is 0.104. The van der Waals surface area contributed by atoms with Gasteiger partial charge in [0.1, 0.15) is 0 Å². The number of carbonyl (C=O) groups excluding carboxylic acids is 1. The molecule has 0 saturated carbocycles. The molecule has 0 aliphatic carbocycles. The summed E-state index contributed by atoms with van der Waals surface area (Å²) < 4.78 is 5.16. The van der Waals surface area contributed by atoms with Crippen molar-refractivity contribution in [2.45, 2.75) is 135 Å². The van der Waals surface area contributed by atoms with Crippen molar-refractivity contribution < 1.29 is 136 Å². The van der Waals surface area contributed by atoms with Gasteiger partial charge in [0, 0.05) is 135 Å². The topological polar surface area (TPSA) is 89.1 Å². The smallest absolute Gasteiger partial charge is 0.0855 e. The number of nitrogens with one attached hydrogen (secondary N) is 2. The fourth-order valence-electron chi connectivity index (χ4n) is 5.47. The van der Waals surface area contributed by atoms with Crippen LogP contribution in [0.3, 0.4) is 0 Å². The van der Waals surface area contributed by atoms with Crippen LogP contribution in [0.1, 0.15) is 121 Å². The Labute approximate surface area is 497 Å². The first-order valence-corrected chi connectivity index (χ1v) is 18.4. The molecular weight excluding hydrogens is 1150 g/mol. The number of aromatic nitrogens is 4. The number of carbonyl (C=O) groups is 1. The van der Waals surface area contributed by atoms with Gasteiger partial charge in [-0.25, -0.2) is 0 Å². The molecule has 3 aromatic carbocycles. The number of aryl methyl sites for hydroxylation is 3. The number of anilines is 1. The van der Waals surface area contributed by atoms with E-state index in [-0.39, 0.29) is 190 Å². The summed E-state index contributed by atoms with van der Waals surface area (Å²) >= 11 is 3.49. The van der Waals surface area contributed by atoms with E-state index in [0.29, 0.717) is 5.84 Å². The molecule has 0 aliphatic heterocycles. The van der Waals surface area contributed by atoms with E-state index in [1.165, 1.54) is 16.7 Å². The van der Waals surface area contributed by atoms with Crippen LogP contribution in [0.2, 0.25) is 0 Å². The zero-order chi connectivity index (χ0) is 41.6. The van der Waals surface area contributed by atoms with Crippen LogP contribution in [-0.2, 0) is 147 Å². The molecule has 2 aromatic heterocycles. The van der Waals surface area contributed by atoms with Crippen LogP contribution in [0.4, 0.5) is 5.69 Å². The molecule has 5 rings (SSSR count). The van der Waals surface area contributed by atoms with Gasteiger partial charge in [-0.3, -0.25) is 9.97 Å². The van der Waals surface area contributed by atoms with E-state index in [2.05, 4.69) is 172 Å². The van der Waals surface area contributed by atoms with Gasteiger partial charge in [0.2, 0.25) is 0 Å². The van der Waals surface area contributed by atoms with E-state index >= 15 is 0 Å². The van der Waals surface area contributed by atoms with Gasteiger partial charge in [0.05, 0.1) is 33.7 Å². The fourth-order valence-corrected chi connectivity index (χ4v) is 6.06. The van der Waals surface area contributed by atoms with Crippen LogP contribution in [-0.4, -0.2) is 41.9 Å². The van der Waals surface area contributed by atoms with Crippen LogP contribution in [0.15, 0.2) is 64.1 Å². The fraction of sp³-hybridized carbons (Fsp3) is 0.400. The third-order valence-electron chi connectivity index (χ3n) is 7.29. The number of aliphatic imine (C=N–C) groups is 1. The molecule has 0 spiro atoms. The molecule has 2 heterocycles. The van der Waals surface area contributed by atoms with Crippen molar-refractivity contribution in [3.8, 4) is 0 Å². The molecule has 0 atom stereocenters. The number of benzene rings is 3. The van der Waals surface area contributed by atoms with E-state index in [4.69, 9.17) is 0 Å². The average molecular weight is 1230 g/mol. The van der Waals surface area contributed by atoms with Crippen molar-refractivity contribution in [1.29, 1.82) is 0 Å². The van der Waals surface area contributed by atoms with Crippen molar-refractivity contribution in [2.24, 2.45) is 4.99 Å². The van der Waals surface area contributed by atoms with Crippen molar-refractivity contribution in [2.75, 3.05) is 5.32 Å². The minimum absolute atomic E-state index is 0. The molecular formula is C50H80BrN7OY4-8. The van der Waals surface area contributed by atoms with E-state index in [9.17, 15) is 4.79 Å². The summed E-state index contributed by atoms with van der Waals surface area (Å²) in [4.78, 5) is 23.4. The SMILES string of the molecule is C.C.C.C.C.[CH2-]C(=NC([CH2-])(C)C)Nc1ccc(C)cc1Br.[CH2-]C(=O)NC([CH2-])(C)C.[CH2-]c1nc2ccc(C)cc2n1C([CH2-])(C)C.[CH2-]c1nc2ccc(C)cc2n1C([CH2-])(C)C.[Y].[Y].[Y].[Y]. The summed E-state index contributed by atoms with van der Waals surface area (Å²) in [6.07, 6.45) is 0. The largest absolute Gasteiger partial charge is 0.406 e. The van der Waals surface area contributed by atoms with Gasteiger partial charge >= 0.3 is 0 Å². The van der Waals surface area contributed by atoms with E-state index in [1.54, 1.807) is 13.8 Å². The van der Waals surface area contributed by atoms with Crippen LogP contribution >= 0.6 is 15.9 Å². The second kappa shape index (κ2) is 33.4. The Morgan fingerprint density at radius 1 is 0.619 bits per heavy atom. The second-order valence-electron chi connectivity index (χ2n) is 16.2. The summed E-state index contributed by atoms with van der Waals surface area (Å²) in [6, 6.07) is 18.5. The monoisotopic (exact) mass is 1230 g/mol. The molecule has 0 saturated heterocycles. The van der Waals surface area contributed by atoms with Gasteiger partial charge in [0.25, 0.3) is 0 Å². The van der Waals surface area contributed by atoms with Crippen molar-refractivity contribution in [3.05, 3.63) is 143 Å². The maximum absolute atomic E-state index is 10.2. The zero-order valence-corrected chi connectivity index (χ0v) is 49.6. The Kier molecular flexibility index (Phi) is 42.4. The standard InChI is InChI=1S/C13H17BrN2.2C13H16N2.C6H11NO.5CH4.4Y/c1-9-6-7-12(11(14)8-9)15-10(2)16-13(3,4)5;2*1-9-6-7-11-12(8-9)15(10(2)14-11)13(3,4)5;1-5(8)7-6(2,3)4;;;;;;;;;/h6-8H,2-3H2,1,4-5H3,(H,15,16);2*6-8H,2-3H2,1,4-5H3;1-2H2,3-4H3,(H,7,8);5*1H4;;;;/q4*-2;;;;;;;;;. The normalized spacial score (nSPS) is 10.4. The zero-order valence-electron chi connectivity index (χ0n) is 36.7. The van der Waals surface area contributed by atoms with Gasteiger partial charge in [0.15, 0.2) is 0 Å².